The molecule has 0 aliphatic carbocycles. The summed E-state index contributed by atoms with van der Waals surface area (Å²) in [5.74, 6) is 0.0530. The fourth-order valence-corrected chi connectivity index (χ4v) is 6.62. The SMILES string of the molecule is C[C@@H](C(=O)N1CCC(c2ccc(S(=O)(=O)Nc3nccs3)cc2)CC1)[N+]1=CCc2c(F)cccc21. The molecule has 10 heteroatoms. The van der Waals surface area contributed by atoms with Gasteiger partial charge in [0.05, 0.1) is 16.9 Å². The average molecular weight is 514 g/mol. The summed E-state index contributed by atoms with van der Waals surface area (Å²) in [6, 6.07) is 11.5. The third kappa shape index (κ3) is 4.72. The number of carbonyl (C=O) groups is 1. The number of hydrogen-bond donors (Lipinski definition) is 1. The maximum absolute atomic E-state index is 14.1. The lowest BCUT2D eigenvalue weighted by atomic mass is 9.89. The van der Waals surface area contributed by atoms with Crippen LogP contribution in [0.5, 0.6) is 0 Å². The third-order valence-corrected chi connectivity index (χ3v) is 8.93. The molecule has 0 saturated carbocycles. The second-order valence-electron chi connectivity index (χ2n) is 8.82. The van der Waals surface area contributed by atoms with Crippen LogP contribution in [0, 0.1) is 5.82 Å². The first-order valence-corrected chi connectivity index (χ1v) is 13.9. The van der Waals surface area contributed by atoms with E-state index >= 15 is 0 Å². The van der Waals surface area contributed by atoms with E-state index in [0.717, 1.165) is 24.1 Å². The van der Waals surface area contributed by atoms with E-state index in [2.05, 4.69) is 9.71 Å². The van der Waals surface area contributed by atoms with Crippen LogP contribution in [-0.2, 0) is 21.2 Å². The number of nitrogens with one attached hydrogen (secondary N) is 1. The second-order valence-corrected chi connectivity index (χ2v) is 11.4. The lowest BCUT2D eigenvalue weighted by Gasteiger charge is -2.33. The lowest BCUT2D eigenvalue weighted by molar-refractivity contribution is -0.460. The van der Waals surface area contributed by atoms with Gasteiger partial charge in [0.15, 0.2) is 11.3 Å². The van der Waals surface area contributed by atoms with Crippen molar-refractivity contribution in [1.29, 1.82) is 0 Å². The van der Waals surface area contributed by atoms with E-state index in [1.807, 2.05) is 40.8 Å². The first-order valence-electron chi connectivity index (χ1n) is 11.5. The Kier molecular flexibility index (Phi) is 6.41. The van der Waals surface area contributed by atoms with Gasteiger partial charge in [0, 0.05) is 37.7 Å². The number of benzene rings is 2. The zero-order chi connectivity index (χ0) is 24.6. The molecular formula is C25H26FN4O3S2+. The molecule has 0 bridgehead atoms. The Morgan fingerprint density at radius 1 is 1.20 bits per heavy atom. The summed E-state index contributed by atoms with van der Waals surface area (Å²) in [5, 5.41) is 2.04. The molecular weight excluding hydrogens is 487 g/mol. The van der Waals surface area contributed by atoms with Gasteiger partial charge in [-0.05, 0) is 42.5 Å². The molecule has 5 rings (SSSR count). The van der Waals surface area contributed by atoms with Crippen molar-refractivity contribution in [3.8, 4) is 0 Å². The van der Waals surface area contributed by atoms with Gasteiger partial charge in [-0.15, -0.1) is 11.3 Å². The van der Waals surface area contributed by atoms with E-state index in [1.165, 1.54) is 17.4 Å². The molecule has 3 heterocycles. The lowest BCUT2D eigenvalue weighted by Crippen LogP contribution is -2.45. The minimum absolute atomic E-state index is 0.0338. The standard InChI is InChI=1S/C25H26FN4O3S2/c1-17(30-15-11-21-22(26)3-2-4-23(21)30)24(31)29-13-9-19(10-14-29)18-5-7-20(8-6-18)35(32,33)28-25-27-12-16-34-25/h2-8,12,15-17,19H,9-11,13-14H2,1H3,(H,27,28)/q+1/t17-/m0/s1. The number of hydrogen-bond acceptors (Lipinski definition) is 5. The maximum Gasteiger partial charge on any atom is 0.291 e. The zero-order valence-corrected chi connectivity index (χ0v) is 20.9. The summed E-state index contributed by atoms with van der Waals surface area (Å²) >= 11 is 1.22. The number of anilines is 1. The Labute approximate surface area is 208 Å². The smallest absolute Gasteiger partial charge is 0.291 e. The van der Waals surface area contributed by atoms with Crippen molar-refractivity contribution in [3.63, 3.8) is 0 Å². The van der Waals surface area contributed by atoms with E-state index in [-0.39, 0.29) is 22.5 Å². The largest absolute Gasteiger partial charge is 0.337 e. The fraction of sp³-hybridized carbons (Fsp3) is 0.320. The van der Waals surface area contributed by atoms with E-state index in [4.69, 9.17) is 0 Å². The number of halogens is 1. The quantitative estimate of drug-likeness (QED) is 0.502. The van der Waals surface area contributed by atoms with Gasteiger partial charge < -0.3 is 4.90 Å². The topological polar surface area (TPSA) is 82.4 Å². The number of sulfonamides is 1. The van der Waals surface area contributed by atoms with Crippen molar-refractivity contribution in [2.75, 3.05) is 17.8 Å². The molecule has 7 nitrogen and oxygen atoms in total. The molecule has 2 aliphatic heterocycles. The van der Waals surface area contributed by atoms with Crippen LogP contribution >= 0.6 is 11.3 Å². The highest BCUT2D eigenvalue weighted by Crippen LogP contribution is 2.31. The fourth-order valence-electron chi connectivity index (χ4n) is 4.83. The molecule has 2 aliphatic rings. The predicted octanol–water partition coefficient (Wildman–Crippen LogP) is 4.15. The van der Waals surface area contributed by atoms with Crippen LogP contribution < -0.4 is 4.72 Å². The van der Waals surface area contributed by atoms with Gasteiger partial charge in [-0.1, -0.05) is 18.2 Å². The summed E-state index contributed by atoms with van der Waals surface area (Å²) < 4.78 is 43.6. The molecule has 2 aromatic carbocycles. The molecule has 1 aromatic heterocycles. The Morgan fingerprint density at radius 3 is 2.63 bits per heavy atom. The molecule has 0 unspecified atom stereocenters. The average Bonchev–Trinajstić information content (AvgIpc) is 3.54. The minimum Gasteiger partial charge on any atom is -0.337 e. The van der Waals surface area contributed by atoms with Gasteiger partial charge in [0.25, 0.3) is 15.9 Å². The van der Waals surface area contributed by atoms with Crippen LogP contribution in [-0.4, -0.2) is 54.1 Å². The first-order chi connectivity index (χ1) is 16.8. The number of fused-ring (bicyclic) bond motifs is 1. The van der Waals surface area contributed by atoms with Crippen LogP contribution in [0.1, 0.15) is 36.8 Å². The van der Waals surface area contributed by atoms with Crippen LogP contribution in [0.4, 0.5) is 15.2 Å². The number of thiazole rings is 1. The second kappa shape index (κ2) is 9.50. The summed E-state index contributed by atoms with van der Waals surface area (Å²) in [7, 11) is -3.68. The van der Waals surface area contributed by atoms with Crippen molar-refractivity contribution in [1.82, 2.24) is 9.88 Å². The number of piperidine rings is 1. The van der Waals surface area contributed by atoms with E-state index in [9.17, 15) is 17.6 Å². The van der Waals surface area contributed by atoms with E-state index < -0.39 is 16.1 Å². The Bertz CT molecular complexity index is 1360. The number of nitrogens with zero attached hydrogens (tertiary/aromatic N) is 3. The Balaban J connectivity index is 1.20. The summed E-state index contributed by atoms with van der Waals surface area (Å²) in [6.07, 6.45) is 5.54. The van der Waals surface area contributed by atoms with Crippen LogP contribution in [0.3, 0.4) is 0 Å². The molecule has 182 valence electrons. The molecule has 1 atom stereocenters. The third-order valence-electron chi connectivity index (χ3n) is 6.76. The molecule has 35 heavy (non-hydrogen) atoms. The summed E-state index contributed by atoms with van der Waals surface area (Å²) in [6.45, 7) is 3.12. The van der Waals surface area contributed by atoms with Crippen molar-refractivity contribution in [2.45, 2.75) is 43.0 Å². The highest BCUT2D eigenvalue weighted by molar-refractivity contribution is 7.93. The van der Waals surface area contributed by atoms with Gasteiger partial charge in [-0.2, -0.15) is 4.58 Å². The van der Waals surface area contributed by atoms with Crippen molar-refractivity contribution >= 4 is 44.3 Å². The molecule has 1 amide bonds. The van der Waals surface area contributed by atoms with Crippen LogP contribution in [0.2, 0.25) is 0 Å². The van der Waals surface area contributed by atoms with Gasteiger partial charge in [-0.3, -0.25) is 9.52 Å². The van der Waals surface area contributed by atoms with Gasteiger partial charge in [0.1, 0.15) is 5.82 Å². The first kappa shape index (κ1) is 23.6. The number of amides is 1. The molecule has 3 aromatic rings. The minimum atomic E-state index is -3.68. The highest BCUT2D eigenvalue weighted by atomic mass is 32.2. The summed E-state index contributed by atoms with van der Waals surface area (Å²) in [5.41, 5.74) is 2.47. The monoisotopic (exact) mass is 513 g/mol. The number of likely N-dealkylation sites (tertiary alicyclic amines) is 1. The molecule has 1 N–H and O–H groups in total. The predicted molar refractivity (Wildman–Crippen MR) is 133 cm³/mol. The highest BCUT2D eigenvalue weighted by Gasteiger charge is 2.36. The normalized spacial score (nSPS) is 17.1. The van der Waals surface area contributed by atoms with E-state index in [1.54, 1.807) is 29.8 Å². The molecule has 0 spiro atoms. The zero-order valence-electron chi connectivity index (χ0n) is 19.2. The van der Waals surface area contributed by atoms with E-state index in [0.29, 0.717) is 30.2 Å². The van der Waals surface area contributed by atoms with Crippen molar-refractivity contribution in [3.05, 3.63) is 71.0 Å². The van der Waals surface area contributed by atoms with Gasteiger partial charge >= 0.3 is 0 Å². The molecule has 0 radical (unpaired) electrons. The summed E-state index contributed by atoms with van der Waals surface area (Å²) in [4.78, 5) is 19.2. The van der Waals surface area contributed by atoms with Gasteiger partial charge in [0.2, 0.25) is 11.7 Å². The van der Waals surface area contributed by atoms with Crippen LogP contribution in [0.25, 0.3) is 0 Å². The molecule has 1 fully saturated rings. The van der Waals surface area contributed by atoms with Crippen molar-refractivity contribution in [2.24, 2.45) is 0 Å². The molecule has 1 saturated heterocycles. The van der Waals surface area contributed by atoms with Crippen molar-refractivity contribution < 1.29 is 22.2 Å². The maximum atomic E-state index is 14.1. The number of carbonyl (C=O) groups excluding carboxylic acids is 1. The number of aromatic nitrogens is 1. The van der Waals surface area contributed by atoms with Gasteiger partial charge in [-0.25, -0.2) is 17.8 Å². The Hall–Kier alpha value is -3.11. The number of rotatable bonds is 6. The van der Waals surface area contributed by atoms with Crippen LogP contribution in [0.15, 0.2) is 58.9 Å². The Morgan fingerprint density at radius 2 is 1.94 bits per heavy atom.